The smallest absolute Gasteiger partial charge is 0.329 e. The van der Waals surface area contributed by atoms with E-state index in [0.717, 1.165) is 67.3 Å². The van der Waals surface area contributed by atoms with Crippen LogP contribution in [-0.4, -0.2) is 40.3 Å². The largest absolute Gasteiger partial charge is 0.372 e. The Hall–Kier alpha value is -3.68. The maximum Gasteiger partial charge on any atom is 0.329 e. The molecule has 0 aliphatic carbocycles. The number of para-hydroxylation sites is 1. The fraction of sp³-hybridized carbons (Fsp3) is 0.407. The molecule has 2 fully saturated rings. The average Bonchev–Trinajstić information content (AvgIpc) is 3.13. The monoisotopic (exact) mass is 474 g/mol. The number of nitrogens with one attached hydrogen (secondary N) is 1. The van der Waals surface area contributed by atoms with Gasteiger partial charge in [-0.05, 0) is 73.9 Å². The van der Waals surface area contributed by atoms with Crippen LogP contribution >= 0.6 is 0 Å². The summed E-state index contributed by atoms with van der Waals surface area (Å²) in [7, 11) is 1.75. The van der Waals surface area contributed by atoms with Gasteiger partial charge in [0.15, 0.2) is 0 Å². The Morgan fingerprint density at radius 2 is 1.74 bits per heavy atom. The Morgan fingerprint density at radius 3 is 2.43 bits per heavy atom. The molecule has 2 aliphatic rings. The van der Waals surface area contributed by atoms with Gasteiger partial charge >= 0.3 is 5.69 Å². The molecule has 8 heteroatoms. The molecule has 182 valence electrons. The highest BCUT2D eigenvalue weighted by molar-refractivity contribution is 6.00. The zero-order valence-corrected chi connectivity index (χ0v) is 19.9. The van der Waals surface area contributed by atoms with Crippen LogP contribution in [0.3, 0.4) is 0 Å². The van der Waals surface area contributed by atoms with Crippen molar-refractivity contribution < 1.29 is 14.4 Å². The van der Waals surface area contributed by atoms with E-state index < -0.39 is 11.9 Å². The van der Waals surface area contributed by atoms with Gasteiger partial charge in [-0.25, -0.2) is 4.79 Å². The average molecular weight is 475 g/mol. The van der Waals surface area contributed by atoms with Crippen molar-refractivity contribution in [2.24, 2.45) is 13.0 Å². The number of amides is 2. The number of aldehydes is 1. The van der Waals surface area contributed by atoms with Crippen molar-refractivity contribution in [3.8, 4) is 0 Å². The minimum Gasteiger partial charge on any atom is -0.372 e. The minimum atomic E-state index is -0.663. The molecule has 8 nitrogen and oxygen atoms in total. The Labute approximate surface area is 203 Å². The summed E-state index contributed by atoms with van der Waals surface area (Å²) >= 11 is 0. The van der Waals surface area contributed by atoms with Crippen LogP contribution in [0.25, 0.3) is 11.0 Å². The van der Waals surface area contributed by atoms with Crippen LogP contribution in [-0.2, 0) is 23.1 Å². The highest BCUT2D eigenvalue weighted by Crippen LogP contribution is 2.29. The Balaban J connectivity index is 1.29. The van der Waals surface area contributed by atoms with Crippen molar-refractivity contribution in [3.63, 3.8) is 0 Å². The second kappa shape index (κ2) is 9.52. The summed E-state index contributed by atoms with van der Waals surface area (Å²) in [5.74, 6) is -0.0944. The van der Waals surface area contributed by atoms with Crippen LogP contribution < -0.4 is 15.9 Å². The number of nitrogens with zero attached hydrogens (tertiary/aromatic N) is 3. The molecule has 1 atom stereocenters. The number of imidazole rings is 1. The number of piperidine rings is 2. The van der Waals surface area contributed by atoms with E-state index in [1.54, 1.807) is 16.2 Å². The molecule has 2 aromatic carbocycles. The van der Waals surface area contributed by atoms with Crippen LogP contribution in [0.15, 0.2) is 47.3 Å². The lowest BCUT2D eigenvalue weighted by molar-refractivity contribution is -0.135. The Kier molecular flexibility index (Phi) is 6.28. The van der Waals surface area contributed by atoms with Crippen molar-refractivity contribution in [2.75, 3.05) is 18.0 Å². The number of benzene rings is 2. The van der Waals surface area contributed by atoms with Gasteiger partial charge in [0.05, 0.1) is 11.0 Å². The van der Waals surface area contributed by atoms with Gasteiger partial charge in [0.2, 0.25) is 11.8 Å². The molecule has 1 unspecified atom stereocenters. The van der Waals surface area contributed by atoms with Gasteiger partial charge in [-0.15, -0.1) is 0 Å². The zero-order chi connectivity index (χ0) is 24.5. The normalized spacial score (nSPS) is 19.2. The molecule has 1 aromatic heterocycles. The van der Waals surface area contributed by atoms with Crippen LogP contribution in [0.5, 0.6) is 0 Å². The number of aromatic nitrogens is 2. The summed E-state index contributed by atoms with van der Waals surface area (Å²) < 4.78 is 3.19. The third-order valence-corrected chi connectivity index (χ3v) is 7.54. The van der Waals surface area contributed by atoms with Crippen LogP contribution in [0.2, 0.25) is 0 Å². The maximum absolute atomic E-state index is 13.1. The van der Waals surface area contributed by atoms with Gasteiger partial charge in [0, 0.05) is 37.8 Å². The molecule has 0 bridgehead atoms. The Morgan fingerprint density at radius 1 is 1.00 bits per heavy atom. The molecular weight excluding hydrogens is 444 g/mol. The first kappa shape index (κ1) is 23.1. The molecule has 0 spiro atoms. The molecule has 35 heavy (non-hydrogen) atoms. The molecule has 5 rings (SSSR count). The van der Waals surface area contributed by atoms with Crippen LogP contribution in [0, 0.1) is 5.92 Å². The van der Waals surface area contributed by atoms with Crippen molar-refractivity contribution in [1.82, 2.24) is 14.5 Å². The van der Waals surface area contributed by atoms with Gasteiger partial charge in [-0.1, -0.05) is 12.1 Å². The van der Waals surface area contributed by atoms with Gasteiger partial charge < -0.3 is 4.90 Å². The second-order valence-electron chi connectivity index (χ2n) is 9.64. The summed E-state index contributed by atoms with van der Waals surface area (Å²) in [4.78, 5) is 50.4. The number of anilines is 1. The zero-order valence-electron chi connectivity index (χ0n) is 19.9. The number of imide groups is 1. The van der Waals surface area contributed by atoms with E-state index in [-0.39, 0.29) is 18.0 Å². The van der Waals surface area contributed by atoms with E-state index in [2.05, 4.69) is 16.3 Å². The van der Waals surface area contributed by atoms with E-state index in [1.807, 2.05) is 36.4 Å². The van der Waals surface area contributed by atoms with Crippen molar-refractivity contribution in [3.05, 3.63) is 64.1 Å². The van der Waals surface area contributed by atoms with Crippen molar-refractivity contribution in [2.45, 2.75) is 44.6 Å². The van der Waals surface area contributed by atoms with E-state index >= 15 is 0 Å². The van der Waals surface area contributed by atoms with E-state index in [4.69, 9.17) is 0 Å². The first-order valence-corrected chi connectivity index (χ1v) is 12.3. The highest BCUT2D eigenvalue weighted by Gasteiger charge is 2.31. The third-order valence-electron chi connectivity index (χ3n) is 7.54. The lowest BCUT2D eigenvalue weighted by Crippen LogP contribution is -2.44. The summed E-state index contributed by atoms with van der Waals surface area (Å²) in [6, 6.07) is 13.0. The molecule has 1 N–H and O–H groups in total. The van der Waals surface area contributed by atoms with Gasteiger partial charge in [-0.2, -0.15) is 0 Å². The molecule has 0 saturated carbocycles. The first-order valence-electron chi connectivity index (χ1n) is 12.3. The molecular formula is C27H30N4O4. The number of fused-ring (bicyclic) bond motifs is 1. The SMILES string of the molecule is Cn1c(=O)n(C2CCC(=O)NC2=O)c2cccc(CCC3CCN(c4ccc(C=O)cc4)CC3)c21. The van der Waals surface area contributed by atoms with E-state index in [1.165, 1.54) is 0 Å². The fourth-order valence-corrected chi connectivity index (χ4v) is 5.55. The molecule has 3 aromatic rings. The topological polar surface area (TPSA) is 93.4 Å². The van der Waals surface area contributed by atoms with E-state index in [9.17, 15) is 19.2 Å². The number of hydrogen-bond donors (Lipinski definition) is 1. The predicted octanol–water partition coefficient (Wildman–Crippen LogP) is 2.98. The number of hydrogen-bond acceptors (Lipinski definition) is 5. The standard InChI is InChI=1S/C27H30N4O4/c1-29-25-20(3-2-4-22(25)31(27(29)35)23-11-12-24(33)28-26(23)34)8-5-18-13-15-30(16-14-18)21-9-6-19(17-32)7-10-21/h2-4,6-7,9-10,17-18,23H,5,8,11-16H2,1H3,(H,28,33,34). The molecule has 2 amide bonds. The molecule has 2 aliphatic heterocycles. The second-order valence-corrected chi connectivity index (χ2v) is 9.64. The Bertz CT molecular complexity index is 1330. The number of carbonyl (C=O) groups excluding carboxylic acids is 3. The predicted molar refractivity (Wildman–Crippen MR) is 134 cm³/mol. The van der Waals surface area contributed by atoms with Crippen LogP contribution in [0.1, 0.15) is 54.1 Å². The van der Waals surface area contributed by atoms with Gasteiger partial charge in [-0.3, -0.25) is 28.8 Å². The lowest BCUT2D eigenvalue weighted by Gasteiger charge is -2.33. The summed E-state index contributed by atoms with van der Waals surface area (Å²) in [6.07, 6.45) is 5.54. The van der Waals surface area contributed by atoms with E-state index in [0.29, 0.717) is 17.9 Å². The van der Waals surface area contributed by atoms with Crippen molar-refractivity contribution in [1.29, 1.82) is 0 Å². The number of rotatable bonds is 6. The minimum absolute atomic E-state index is 0.226. The highest BCUT2D eigenvalue weighted by atomic mass is 16.2. The summed E-state index contributed by atoms with van der Waals surface area (Å²) in [6.45, 7) is 1.97. The molecule has 3 heterocycles. The molecule has 0 radical (unpaired) electrons. The molecule has 2 saturated heterocycles. The third kappa shape index (κ3) is 4.40. The van der Waals surface area contributed by atoms with Crippen LogP contribution in [0.4, 0.5) is 5.69 Å². The fourth-order valence-electron chi connectivity index (χ4n) is 5.55. The van der Waals surface area contributed by atoms with Gasteiger partial charge in [0.1, 0.15) is 12.3 Å². The summed E-state index contributed by atoms with van der Waals surface area (Å²) in [5.41, 5.74) is 4.35. The lowest BCUT2D eigenvalue weighted by atomic mass is 9.90. The van der Waals surface area contributed by atoms with Gasteiger partial charge in [0.25, 0.3) is 0 Å². The summed E-state index contributed by atoms with van der Waals surface area (Å²) in [5, 5.41) is 2.37. The quantitative estimate of drug-likeness (QED) is 0.438. The first-order chi connectivity index (χ1) is 17.0. The number of aryl methyl sites for hydroxylation is 2. The maximum atomic E-state index is 13.1. The number of carbonyl (C=O) groups is 3. The van der Waals surface area contributed by atoms with Crippen molar-refractivity contribution >= 4 is 34.8 Å².